The van der Waals surface area contributed by atoms with Gasteiger partial charge < -0.3 is 20.1 Å². The Labute approximate surface area is 135 Å². The highest BCUT2D eigenvalue weighted by atomic mass is 35.5. The van der Waals surface area contributed by atoms with Gasteiger partial charge in [-0.1, -0.05) is 12.1 Å². The Kier molecular flexibility index (Phi) is 8.32. The zero-order valence-electron chi connectivity index (χ0n) is 12.7. The molecule has 1 aromatic rings. The van der Waals surface area contributed by atoms with Crippen molar-refractivity contribution in [2.24, 2.45) is 0 Å². The van der Waals surface area contributed by atoms with Crippen molar-refractivity contribution in [1.82, 2.24) is 10.6 Å². The zero-order chi connectivity index (χ0) is 16.4. The number of hydrogen-bond acceptors (Lipinski definition) is 4. The largest absolute Gasteiger partial charge is 0.497 e. The average Bonchev–Trinajstić information content (AvgIpc) is 2.54. The molecule has 6 nitrogen and oxygen atoms in total. The summed E-state index contributed by atoms with van der Waals surface area (Å²) < 4.78 is 9.86. The fraction of sp³-hybridized carbons (Fsp3) is 0.467. The Morgan fingerprint density at radius 1 is 1.14 bits per heavy atom. The van der Waals surface area contributed by atoms with Crippen LogP contribution in [0.1, 0.15) is 17.4 Å². The molecule has 0 aliphatic rings. The molecule has 0 aromatic heterocycles. The molecule has 1 rings (SSSR count). The first-order valence-corrected chi connectivity index (χ1v) is 7.33. The van der Waals surface area contributed by atoms with E-state index in [1.165, 1.54) is 0 Å². The number of hydrogen-bond donors (Lipinski definition) is 2. The molecular formula is C15H21ClN2O4. The van der Waals surface area contributed by atoms with E-state index in [0.29, 0.717) is 24.5 Å². The Bertz CT molecular complexity index is 479. The number of methoxy groups -OCH3 is 2. The maximum atomic E-state index is 11.9. The average molecular weight is 329 g/mol. The normalized spacial score (nSPS) is 11.6. The van der Waals surface area contributed by atoms with Crippen molar-refractivity contribution in [1.29, 1.82) is 0 Å². The summed E-state index contributed by atoms with van der Waals surface area (Å²) in [5.41, 5.74) is 0.671. The summed E-state index contributed by atoms with van der Waals surface area (Å²) in [6.07, 6.45) is 0.196. The lowest BCUT2D eigenvalue weighted by Gasteiger charge is -2.11. The standard InChI is InChI=1S/C15H21ClN2O4/c1-21-10-9-17-13(19)7-8-18-15(20)14(16)11-3-5-12(22-2)6-4-11/h3-6,14H,7-10H2,1-2H3,(H,17,19)(H,18,20). The molecule has 0 fully saturated rings. The quantitative estimate of drug-likeness (QED) is 0.528. The van der Waals surface area contributed by atoms with Gasteiger partial charge in [0.1, 0.15) is 11.1 Å². The van der Waals surface area contributed by atoms with Crippen molar-refractivity contribution < 1.29 is 19.1 Å². The third-order valence-corrected chi connectivity index (χ3v) is 3.37. The molecule has 0 spiro atoms. The zero-order valence-corrected chi connectivity index (χ0v) is 13.5. The van der Waals surface area contributed by atoms with Crippen molar-refractivity contribution in [3.05, 3.63) is 29.8 Å². The molecular weight excluding hydrogens is 308 g/mol. The Hall–Kier alpha value is -1.79. The number of alkyl halides is 1. The Morgan fingerprint density at radius 3 is 2.41 bits per heavy atom. The second kappa shape index (κ2) is 10.0. The first-order chi connectivity index (χ1) is 10.6. The lowest BCUT2D eigenvalue weighted by atomic mass is 10.1. The second-order valence-corrected chi connectivity index (χ2v) is 4.96. The van der Waals surface area contributed by atoms with Gasteiger partial charge in [-0.3, -0.25) is 9.59 Å². The van der Waals surface area contributed by atoms with Crippen LogP contribution in [-0.2, 0) is 14.3 Å². The minimum atomic E-state index is -0.803. The smallest absolute Gasteiger partial charge is 0.242 e. The van der Waals surface area contributed by atoms with Crippen molar-refractivity contribution in [2.75, 3.05) is 33.9 Å². The van der Waals surface area contributed by atoms with E-state index in [1.54, 1.807) is 38.5 Å². The van der Waals surface area contributed by atoms with Crippen LogP contribution in [0.15, 0.2) is 24.3 Å². The van der Waals surface area contributed by atoms with E-state index in [2.05, 4.69) is 10.6 Å². The topological polar surface area (TPSA) is 76.7 Å². The summed E-state index contributed by atoms with van der Waals surface area (Å²) in [5.74, 6) is 0.213. The van der Waals surface area contributed by atoms with Crippen molar-refractivity contribution in [2.45, 2.75) is 11.8 Å². The van der Waals surface area contributed by atoms with Crippen LogP contribution in [0.25, 0.3) is 0 Å². The van der Waals surface area contributed by atoms with E-state index in [0.717, 1.165) is 0 Å². The van der Waals surface area contributed by atoms with E-state index < -0.39 is 5.38 Å². The number of nitrogens with one attached hydrogen (secondary N) is 2. The summed E-state index contributed by atoms with van der Waals surface area (Å²) in [7, 11) is 3.13. The predicted molar refractivity (Wildman–Crippen MR) is 84.1 cm³/mol. The highest BCUT2D eigenvalue weighted by molar-refractivity contribution is 6.30. The SMILES string of the molecule is COCCNC(=O)CCNC(=O)C(Cl)c1ccc(OC)cc1. The van der Waals surface area contributed by atoms with E-state index in [4.69, 9.17) is 21.1 Å². The number of carbonyl (C=O) groups is 2. The molecule has 0 aliphatic heterocycles. The maximum Gasteiger partial charge on any atom is 0.242 e. The van der Waals surface area contributed by atoms with Gasteiger partial charge in [-0.15, -0.1) is 11.6 Å². The van der Waals surface area contributed by atoms with Gasteiger partial charge in [-0.2, -0.15) is 0 Å². The molecule has 2 amide bonds. The molecule has 7 heteroatoms. The van der Waals surface area contributed by atoms with Crippen molar-refractivity contribution in [3.63, 3.8) is 0 Å². The summed E-state index contributed by atoms with van der Waals surface area (Å²) in [6.45, 7) is 1.14. The van der Waals surface area contributed by atoms with Crippen LogP contribution < -0.4 is 15.4 Å². The van der Waals surface area contributed by atoms with Gasteiger partial charge in [0.05, 0.1) is 13.7 Å². The molecule has 0 bridgehead atoms. The van der Waals surface area contributed by atoms with E-state index in [-0.39, 0.29) is 24.8 Å². The number of amides is 2. The summed E-state index contributed by atoms with van der Waals surface area (Å²) in [5, 5.41) is 4.50. The van der Waals surface area contributed by atoms with Gasteiger partial charge in [0.25, 0.3) is 0 Å². The number of halogens is 1. The van der Waals surface area contributed by atoms with E-state index in [9.17, 15) is 9.59 Å². The van der Waals surface area contributed by atoms with Gasteiger partial charge >= 0.3 is 0 Å². The molecule has 122 valence electrons. The number of rotatable bonds is 9. The van der Waals surface area contributed by atoms with Crippen LogP contribution in [0.3, 0.4) is 0 Å². The molecule has 1 unspecified atom stereocenters. The Morgan fingerprint density at radius 2 is 1.82 bits per heavy atom. The molecule has 1 atom stereocenters. The van der Waals surface area contributed by atoms with Gasteiger partial charge in [0, 0.05) is 26.6 Å². The van der Waals surface area contributed by atoms with Crippen LogP contribution in [0.5, 0.6) is 5.75 Å². The minimum Gasteiger partial charge on any atom is -0.497 e. The molecule has 0 saturated carbocycles. The van der Waals surface area contributed by atoms with E-state index >= 15 is 0 Å². The molecule has 0 aliphatic carbocycles. The minimum absolute atomic E-state index is 0.145. The van der Waals surface area contributed by atoms with Crippen LogP contribution in [-0.4, -0.2) is 45.7 Å². The first kappa shape index (κ1) is 18.3. The highest BCUT2D eigenvalue weighted by Crippen LogP contribution is 2.22. The van der Waals surface area contributed by atoms with Gasteiger partial charge in [-0.05, 0) is 17.7 Å². The fourth-order valence-electron chi connectivity index (χ4n) is 1.69. The van der Waals surface area contributed by atoms with Crippen LogP contribution in [0.4, 0.5) is 0 Å². The fourth-order valence-corrected chi connectivity index (χ4v) is 1.92. The maximum absolute atomic E-state index is 11.9. The summed E-state index contributed by atoms with van der Waals surface area (Å²) in [4.78, 5) is 23.4. The monoisotopic (exact) mass is 328 g/mol. The predicted octanol–water partition coefficient (Wildman–Crippen LogP) is 1.24. The lowest BCUT2D eigenvalue weighted by molar-refractivity contribution is -0.122. The molecule has 0 radical (unpaired) electrons. The molecule has 2 N–H and O–H groups in total. The first-order valence-electron chi connectivity index (χ1n) is 6.90. The van der Waals surface area contributed by atoms with Crippen LogP contribution >= 0.6 is 11.6 Å². The molecule has 22 heavy (non-hydrogen) atoms. The molecule has 1 aromatic carbocycles. The van der Waals surface area contributed by atoms with Crippen molar-refractivity contribution in [3.8, 4) is 5.75 Å². The summed E-state index contributed by atoms with van der Waals surface area (Å²) >= 11 is 6.10. The second-order valence-electron chi connectivity index (χ2n) is 4.52. The third-order valence-electron chi connectivity index (χ3n) is 2.92. The summed E-state index contributed by atoms with van der Waals surface area (Å²) in [6, 6.07) is 6.93. The van der Waals surface area contributed by atoms with Crippen LogP contribution in [0.2, 0.25) is 0 Å². The number of benzene rings is 1. The van der Waals surface area contributed by atoms with E-state index in [1.807, 2.05) is 0 Å². The van der Waals surface area contributed by atoms with Crippen molar-refractivity contribution >= 4 is 23.4 Å². The van der Waals surface area contributed by atoms with Gasteiger partial charge in [0.15, 0.2) is 0 Å². The lowest BCUT2D eigenvalue weighted by Crippen LogP contribution is -2.33. The van der Waals surface area contributed by atoms with Crippen LogP contribution in [0, 0.1) is 0 Å². The van der Waals surface area contributed by atoms with Gasteiger partial charge in [0.2, 0.25) is 11.8 Å². The molecule has 0 saturated heterocycles. The van der Waals surface area contributed by atoms with Gasteiger partial charge in [-0.25, -0.2) is 0 Å². The highest BCUT2D eigenvalue weighted by Gasteiger charge is 2.17. The Balaban J connectivity index is 2.33. The number of carbonyl (C=O) groups excluding carboxylic acids is 2. The molecule has 0 heterocycles. The third kappa shape index (κ3) is 6.32. The number of ether oxygens (including phenoxy) is 2.